The third kappa shape index (κ3) is 2.54. The summed E-state index contributed by atoms with van der Waals surface area (Å²) in [6.07, 6.45) is 0. The SMILES string of the molecule is FN(c1ccccc1)c1cccc(-c2ccccc2)c1. The van der Waals surface area contributed by atoms with Gasteiger partial charge in [-0.3, -0.25) is 0 Å². The molecule has 2 heteroatoms. The molecule has 0 aliphatic carbocycles. The van der Waals surface area contributed by atoms with E-state index in [-0.39, 0.29) is 0 Å². The van der Waals surface area contributed by atoms with Crippen molar-refractivity contribution in [3.8, 4) is 11.1 Å². The van der Waals surface area contributed by atoms with Gasteiger partial charge in [0.25, 0.3) is 0 Å². The zero-order valence-electron chi connectivity index (χ0n) is 10.9. The highest BCUT2D eigenvalue weighted by Crippen LogP contribution is 2.29. The fourth-order valence-electron chi connectivity index (χ4n) is 2.15. The first-order valence-electron chi connectivity index (χ1n) is 6.51. The van der Waals surface area contributed by atoms with E-state index in [1.54, 1.807) is 18.2 Å². The molecule has 0 aromatic heterocycles. The van der Waals surface area contributed by atoms with Gasteiger partial charge in [-0.15, -0.1) is 0 Å². The van der Waals surface area contributed by atoms with E-state index in [9.17, 15) is 4.48 Å². The largest absolute Gasteiger partial charge is 0.180 e. The monoisotopic (exact) mass is 263 g/mol. The number of para-hydroxylation sites is 1. The lowest BCUT2D eigenvalue weighted by Gasteiger charge is -2.14. The molecule has 0 amide bonds. The molecule has 0 spiro atoms. The van der Waals surface area contributed by atoms with Crippen LogP contribution >= 0.6 is 0 Å². The Morgan fingerprint density at radius 2 is 1.10 bits per heavy atom. The normalized spacial score (nSPS) is 10.2. The van der Waals surface area contributed by atoms with Gasteiger partial charge >= 0.3 is 0 Å². The van der Waals surface area contributed by atoms with Crippen molar-refractivity contribution in [3.05, 3.63) is 84.9 Å². The number of benzene rings is 3. The minimum Gasteiger partial charge on any atom is -0.180 e. The minimum absolute atomic E-state index is 0.526. The fraction of sp³-hybridized carbons (Fsp3) is 0. The van der Waals surface area contributed by atoms with Gasteiger partial charge in [-0.2, -0.15) is 5.12 Å². The molecule has 1 nitrogen and oxygen atoms in total. The van der Waals surface area contributed by atoms with Crippen LogP contribution in [-0.2, 0) is 0 Å². The first-order valence-corrected chi connectivity index (χ1v) is 6.51. The molecule has 3 aromatic carbocycles. The highest BCUT2D eigenvalue weighted by Gasteiger charge is 2.08. The van der Waals surface area contributed by atoms with Gasteiger partial charge in [-0.1, -0.05) is 65.1 Å². The average Bonchev–Trinajstić information content (AvgIpc) is 2.56. The third-order valence-corrected chi connectivity index (χ3v) is 3.16. The molecule has 0 saturated heterocycles. The van der Waals surface area contributed by atoms with Gasteiger partial charge in [0.05, 0.1) is 11.4 Å². The number of hydrogen-bond donors (Lipinski definition) is 0. The molecule has 0 aliphatic rings. The van der Waals surface area contributed by atoms with Gasteiger partial charge in [0.1, 0.15) is 0 Å². The Bertz CT molecular complexity index is 680. The quantitative estimate of drug-likeness (QED) is 0.574. The van der Waals surface area contributed by atoms with E-state index in [4.69, 9.17) is 0 Å². The van der Waals surface area contributed by atoms with Gasteiger partial charge in [0.2, 0.25) is 0 Å². The topological polar surface area (TPSA) is 3.24 Å². The summed E-state index contributed by atoms with van der Waals surface area (Å²) in [5, 5.41) is 0.701. The summed E-state index contributed by atoms with van der Waals surface area (Å²) >= 11 is 0. The van der Waals surface area contributed by atoms with Gasteiger partial charge in [0, 0.05) is 0 Å². The molecule has 0 bridgehead atoms. The van der Waals surface area contributed by atoms with Crippen LogP contribution in [0.1, 0.15) is 0 Å². The molecule has 0 fully saturated rings. The van der Waals surface area contributed by atoms with Crippen molar-refractivity contribution < 1.29 is 4.48 Å². The number of anilines is 2. The Morgan fingerprint density at radius 3 is 1.80 bits per heavy atom. The summed E-state index contributed by atoms with van der Waals surface area (Å²) in [6.45, 7) is 0. The van der Waals surface area contributed by atoms with Crippen LogP contribution in [0.4, 0.5) is 15.9 Å². The summed E-state index contributed by atoms with van der Waals surface area (Å²) in [7, 11) is 0. The second-order valence-corrected chi connectivity index (χ2v) is 4.53. The lowest BCUT2D eigenvalue weighted by Crippen LogP contribution is -2.03. The first kappa shape index (κ1) is 12.4. The predicted molar refractivity (Wildman–Crippen MR) is 81.6 cm³/mol. The average molecular weight is 263 g/mol. The van der Waals surface area contributed by atoms with Crippen molar-refractivity contribution in [2.24, 2.45) is 0 Å². The molecule has 0 atom stereocenters. The summed E-state index contributed by atoms with van der Waals surface area (Å²) in [6, 6.07) is 26.4. The molecule has 0 aliphatic heterocycles. The predicted octanol–water partition coefficient (Wildman–Crippen LogP) is 5.38. The lowest BCUT2D eigenvalue weighted by molar-refractivity contribution is 0.505. The van der Waals surface area contributed by atoms with E-state index in [0.29, 0.717) is 16.5 Å². The molecule has 0 radical (unpaired) electrons. The van der Waals surface area contributed by atoms with Gasteiger partial charge < -0.3 is 0 Å². The van der Waals surface area contributed by atoms with Crippen LogP contribution in [0.25, 0.3) is 11.1 Å². The standard InChI is InChI=1S/C18H14FN/c19-20(17-11-5-2-6-12-17)18-13-7-10-16(14-18)15-8-3-1-4-9-15/h1-14H. The van der Waals surface area contributed by atoms with Crippen molar-refractivity contribution >= 4 is 11.4 Å². The molecule has 3 aromatic rings. The van der Waals surface area contributed by atoms with Crippen molar-refractivity contribution in [1.82, 2.24) is 0 Å². The summed E-state index contributed by atoms with van der Waals surface area (Å²) < 4.78 is 14.4. The van der Waals surface area contributed by atoms with E-state index >= 15 is 0 Å². The zero-order valence-corrected chi connectivity index (χ0v) is 10.9. The molecular formula is C18H14FN. The van der Waals surface area contributed by atoms with Crippen molar-refractivity contribution in [2.75, 3.05) is 5.12 Å². The second kappa shape index (κ2) is 5.57. The number of nitrogens with zero attached hydrogens (tertiary/aromatic N) is 1. The maximum absolute atomic E-state index is 14.4. The first-order chi connectivity index (χ1) is 9.84. The van der Waals surface area contributed by atoms with Crippen LogP contribution < -0.4 is 5.12 Å². The van der Waals surface area contributed by atoms with E-state index in [2.05, 4.69) is 0 Å². The summed E-state index contributed by atoms with van der Waals surface area (Å²) in [5.41, 5.74) is 3.13. The smallest absolute Gasteiger partial charge is 0.0753 e. The van der Waals surface area contributed by atoms with E-state index in [1.807, 2.05) is 66.7 Å². The highest BCUT2D eigenvalue weighted by atomic mass is 19.2. The second-order valence-electron chi connectivity index (χ2n) is 4.53. The van der Waals surface area contributed by atoms with Crippen LogP contribution in [0.15, 0.2) is 84.9 Å². The molecule has 0 unspecified atom stereocenters. The van der Waals surface area contributed by atoms with Crippen molar-refractivity contribution in [3.63, 3.8) is 0 Å². The Labute approximate surface area is 117 Å². The van der Waals surface area contributed by atoms with Crippen LogP contribution in [0.3, 0.4) is 0 Å². The number of halogens is 1. The van der Waals surface area contributed by atoms with Crippen LogP contribution in [0, 0.1) is 0 Å². The molecule has 98 valence electrons. The van der Waals surface area contributed by atoms with Crippen LogP contribution in [0.5, 0.6) is 0 Å². The van der Waals surface area contributed by atoms with Gasteiger partial charge in [-0.25, -0.2) is 0 Å². The van der Waals surface area contributed by atoms with Crippen molar-refractivity contribution in [1.29, 1.82) is 0 Å². The van der Waals surface area contributed by atoms with Crippen molar-refractivity contribution in [2.45, 2.75) is 0 Å². The van der Waals surface area contributed by atoms with E-state index in [0.717, 1.165) is 11.1 Å². The van der Waals surface area contributed by atoms with E-state index < -0.39 is 0 Å². The third-order valence-electron chi connectivity index (χ3n) is 3.16. The zero-order chi connectivity index (χ0) is 13.8. The molecule has 0 heterocycles. The molecular weight excluding hydrogens is 249 g/mol. The summed E-state index contributed by atoms with van der Waals surface area (Å²) in [5.74, 6) is 0. The molecule has 0 N–H and O–H groups in total. The minimum atomic E-state index is 0.526. The van der Waals surface area contributed by atoms with Gasteiger partial charge in [-0.05, 0) is 35.4 Å². The number of rotatable bonds is 3. The Hall–Kier alpha value is -2.61. The Morgan fingerprint density at radius 1 is 0.550 bits per heavy atom. The van der Waals surface area contributed by atoms with Crippen LogP contribution in [0.2, 0.25) is 0 Å². The maximum atomic E-state index is 14.4. The maximum Gasteiger partial charge on any atom is 0.0753 e. The van der Waals surface area contributed by atoms with Gasteiger partial charge in [0.15, 0.2) is 0 Å². The number of hydrogen-bond acceptors (Lipinski definition) is 1. The van der Waals surface area contributed by atoms with E-state index in [1.165, 1.54) is 0 Å². The highest BCUT2D eigenvalue weighted by molar-refractivity contribution is 5.70. The Kier molecular flexibility index (Phi) is 3.46. The Balaban J connectivity index is 1.96. The molecule has 0 saturated carbocycles. The lowest BCUT2D eigenvalue weighted by atomic mass is 10.1. The fourth-order valence-corrected chi connectivity index (χ4v) is 2.15. The van der Waals surface area contributed by atoms with Crippen LogP contribution in [-0.4, -0.2) is 0 Å². The molecule has 3 rings (SSSR count). The summed E-state index contributed by atoms with van der Waals surface area (Å²) in [4.78, 5) is 0. The molecule has 20 heavy (non-hydrogen) atoms.